The highest BCUT2D eigenvalue weighted by Gasteiger charge is 2.48. The van der Waals surface area contributed by atoms with Crippen molar-refractivity contribution in [3.05, 3.63) is 23.8 Å². The van der Waals surface area contributed by atoms with Gasteiger partial charge in [0.05, 0.1) is 6.10 Å². The molecule has 94 valence electrons. The summed E-state index contributed by atoms with van der Waals surface area (Å²) in [5.74, 6) is 0.296. The van der Waals surface area contributed by atoms with Gasteiger partial charge in [-0.2, -0.15) is 0 Å². The minimum absolute atomic E-state index is 0.0184. The number of carbonyl (C=O) groups is 1. The van der Waals surface area contributed by atoms with Crippen molar-refractivity contribution in [2.45, 2.75) is 32.8 Å². The first-order chi connectivity index (χ1) is 8.09. The fourth-order valence-electron chi connectivity index (χ4n) is 3.09. The minimum atomic E-state index is -0.122. The lowest BCUT2D eigenvalue weighted by Crippen LogP contribution is -2.48. The fourth-order valence-corrected chi connectivity index (χ4v) is 3.09. The summed E-state index contributed by atoms with van der Waals surface area (Å²) in [5, 5.41) is 0. The Labute approximate surface area is 102 Å². The molecule has 0 radical (unpaired) electrons. The van der Waals surface area contributed by atoms with Gasteiger partial charge in [-0.25, -0.2) is 0 Å². The number of rotatable bonds is 3. The summed E-state index contributed by atoms with van der Waals surface area (Å²) in [6.07, 6.45) is 7.70. The number of fused-ring (bicyclic) bond motifs is 1. The molecule has 0 amide bonds. The first-order valence-electron chi connectivity index (χ1n) is 6.07. The van der Waals surface area contributed by atoms with E-state index in [0.717, 1.165) is 18.4 Å². The Kier molecular flexibility index (Phi) is 3.50. The number of methoxy groups -OCH3 is 1. The molecule has 0 aromatic rings. The van der Waals surface area contributed by atoms with E-state index in [-0.39, 0.29) is 30.0 Å². The first-order valence-corrected chi connectivity index (χ1v) is 6.07. The summed E-state index contributed by atoms with van der Waals surface area (Å²) in [6, 6.07) is 0. The molecule has 2 aliphatic carbocycles. The zero-order chi connectivity index (χ0) is 12.5. The molecule has 0 aromatic carbocycles. The van der Waals surface area contributed by atoms with Gasteiger partial charge in [0.25, 0.3) is 0 Å². The summed E-state index contributed by atoms with van der Waals surface area (Å²) in [6.45, 7) is 4.39. The second-order valence-electron chi connectivity index (χ2n) is 5.21. The second-order valence-corrected chi connectivity index (χ2v) is 5.21. The zero-order valence-corrected chi connectivity index (χ0v) is 10.7. The van der Waals surface area contributed by atoms with E-state index in [1.54, 1.807) is 13.2 Å². The van der Waals surface area contributed by atoms with Crippen molar-refractivity contribution < 1.29 is 14.3 Å². The fraction of sp³-hybridized carbons (Fsp3) is 0.643. The normalized spacial score (nSPS) is 36.6. The number of carbonyl (C=O) groups excluding carboxylic acids is 1. The van der Waals surface area contributed by atoms with Gasteiger partial charge in [0, 0.05) is 18.4 Å². The molecule has 3 heteroatoms. The van der Waals surface area contributed by atoms with Crippen LogP contribution in [-0.2, 0) is 14.3 Å². The van der Waals surface area contributed by atoms with Gasteiger partial charge in [0.2, 0.25) is 0 Å². The number of hydrogen-bond donors (Lipinski definition) is 0. The third-order valence-electron chi connectivity index (χ3n) is 3.97. The molecular formula is C14H20O3. The molecule has 0 fully saturated rings. The highest BCUT2D eigenvalue weighted by Crippen LogP contribution is 2.47. The highest BCUT2D eigenvalue weighted by atomic mass is 16.7. The van der Waals surface area contributed by atoms with E-state index >= 15 is 0 Å². The molecule has 0 bridgehead atoms. The van der Waals surface area contributed by atoms with E-state index < -0.39 is 0 Å². The third-order valence-corrected chi connectivity index (χ3v) is 3.97. The number of allylic oxidation sites excluding steroid dienone is 3. The average Bonchev–Trinajstić information content (AvgIpc) is 2.28. The molecule has 0 saturated heterocycles. The molecule has 2 aliphatic rings. The van der Waals surface area contributed by atoms with Crippen molar-refractivity contribution in [3.8, 4) is 0 Å². The molecule has 17 heavy (non-hydrogen) atoms. The predicted octanol–water partition coefficient (Wildman–Crippen LogP) is 2.48. The molecular weight excluding hydrogens is 216 g/mol. The smallest absolute Gasteiger partial charge is 0.159 e. The van der Waals surface area contributed by atoms with Gasteiger partial charge in [-0.05, 0) is 31.4 Å². The van der Waals surface area contributed by atoms with Crippen LogP contribution in [0.4, 0.5) is 0 Å². The van der Waals surface area contributed by atoms with Gasteiger partial charge in [-0.15, -0.1) is 0 Å². The van der Waals surface area contributed by atoms with Gasteiger partial charge in [-0.3, -0.25) is 4.79 Å². The summed E-state index contributed by atoms with van der Waals surface area (Å²) in [5.41, 5.74) is 0.893. The maximum Gasteiger partial charge on any atom is 0.159 e. The molecule has 0 aliphatic heterocycles. The summed E-state index contributed by atoms with van der Waals surface area (Å²) in [7, 11) is 1.62. The van der Waals surface area contributed by atoms with E-state index in [4.69, 9.17) is 9.47 Å². The molecule has 0 heterocycles. The largest absolute Gasteiger partial charge is 0.359 e. The highest BCUT2D eigenvalue weighted by molar-refractivity contribution is 5.94. The van der Waals surface area contributed by atoms with Crippen LogP contribution < -0.4 is 0 Å². The van der Waals surface area contributed by atoms with Crippen molar-refractivity contribution in [2.75, 3.05) is 13.9 Å². The van der Waals surface area contributed by atoms with Crippen molar-refractivity contribution >= 4 is 5.78 Å². The Bertz CT molecular complexity index is 370. The summed E-state index contributed by atoms with van der Waals surface area (Å²) >= 11 is 0. The second kappa shape index (κ2) is 4.75. The van der Waals surface area contributed by atoms with Crippen molar-refractivity contribution in [1.29, 1.82) is 0 Å². The van der Waals surface area contributed by atoms with Crippen LogP contribution in [0.3, 0.4) is 0 Å². The van der Waals surface area contributed by atoms with Gasteiger partial charge < -0.3 is 9.47 Å². The Morgan fingerprint density at radius 2 is 2.24 bits per heavy atom. The van der Waals surface area contributed by atoms with Gasteiger partial charge >= 0.3 is 0 Å². The topological polar surface area (TPSA) is 35.5 Å². The molecule has 0 spiro atoms. The van der Waals surface area contributed by atoms with E-state index in [0.29, 0.717) is 0 Å². The zero-order valence-electron chi connectivity index (χ0n) is 10.7. The van der Waals surface area contributed by atoms with Crippen LogP contribution in [0.25, 0.3) is 0 Å². The van der Waals surface area contributed by atoms with Crippen LogP contribution in [0.1, 0.15) is 26.7 Å². The van der Waals surface area contributed by atoms with Crippen LogP contribution >= 0.6 is 0 Å². The Morgan fingerprint density at radius 3 is 2.94 bits per heavy atom. The molecule has 2 rings (SSSR count). The lowest BCUT2D eigenvalue weighted by atomic mass is 9.61. The SMILES string of the molecule is COCO[C@H]1C(C)=CC(=O)[C@H]2CC=CC[C@]21C. The maximum absolute atomic E-state index is 12.1. The molecule has 0 aromatic heterocycles. The molecule has 0 N–H and O–H groups in total. The van der Waals surface area contributed by atoms with Crippen LogP contribution in [0.15, 0.2) is 23.8 Å². The predicted molar refractivity (Wildman–Crippen MR) is 65.5 cm³/mol. The van der Waals surface area contributed by atoms with E-state index in [9.17, 15) is 4.79 Å². The molecule has 3 nitrogen and oxygen atoms in total. The lowest BCUT2D eigenvalue weighted by molar-refractivity contribution is -0.141. The van der Waals surface area contributed by atoms with E-state index in [2.05, 4.69) is 19.1 Å². The number of hydrogen-bond acceptors (Lipinski definition) is 3. The van der Waals surface area contributed by atoms with Crippen LogP contribution in [0, 0.1) is 11.3 Å². The van der Waals surface area contributed by atoms with Crippen LogP contribution in [-0.4, -0.2) is 25.8 Å². The van der Waals surface area contributed by atoms with Gasteiger partial charge in [0.1, 0.15) is 6.79 Å². The van der Waals surface area contributed by atoms with E-state index in [1.807, 2.05) is 6.92 Å². The molecule has 0 saturated carbocycles. The standard InChI is InChI=1S/C14H20O3/c1-10-8-12(15)11-6-4-5-7-14(11,2)13(10)17-9-16-3/h4-5,8,11,13H,6-7,9H2,1-3H3/t11-,13+,14-/m1/s1. The van der Waals surface area contributed by atoms with Crippen molar-refractivity contribution in [3.63, 3.8) is 0 Å². The first kappa shape index (κ1) is 12.5. The maximum atomic E-state index is 12.1. The third kappa shape index (κ3) is 2.09. The van der Waals surface area contributed by atoms with Crippen LogP contribution in [0.2, 0.25) is 0 Å². The Morgan fingerprint density at radius 1 is 1.47 bits per heavy atom. The Balaban J connectivity index is 2.31. The average molecular weight is 236 g/mol. The van der Waals surface area contributed by atoms with Crippen molar-refractivity contribution in [2.24, 2.45) is 11.3 Å². The summed E-state index contributed by atoms with van der Waals surface area (Å²) in [4.78, 5) is 12.1. The number of ketones is 1. The Hall–Kier alpha value is -0.930. The lowest BCUT2D eigenvalue weighted by Gasteiger charge is -2.46. The molecule has 3 atom stereocenters. The van der Waals surface area contributed by atoms with Crippen molar-refractivity contribution in [1.82, 2.24) is 0 Å². The van der Waals surface area contributed by atoms with E-state index in [1.165, 1.54) is 0 Å². The quantitative estimate of drug-likeness (QED) is 0.558. The number of ether oxygens (including phenoxy) is 2. The van der Waals surface area contributed by atoms with Gasteiger partial charge in [0.15, 0.2) is 5.78 Å². The minimum Gasteiger partial charge on any atom is -0.359 e. The summed E-state index contributed by atoms with van der Waals surface area (Å²) < 4.78 is 10.8. The van der Waals surface area contributed by atoms with Crippen LogP contribution in [0.5, 0.6) is 0 Å². The van der Waals surface area contributed by atoms with Gasteiger partial charge in [-0.1, -0.05) is 19.1 Å². The molecule has 0 unspecified atom stereocenters. The monoisotopic (exact) mass is 236 g/mol.